The van der Waals surface area contributed by atoms with E-state index in [4.69, 9.17) is 9.84 Å². The first kappa shape index (κ1) is 13.8. The Morgan fingerprint density at radius 1 is 1.53 bits per heavy atom. The van der Waals surface area contributed by atoms with E-state index in [0.717, 1.165) is 12.8 Å². The van der Waals surface area contributed by atoms with E-state index in [1.807, 2.05) is 0 Å². The molecule has 0 aliphatic heterocycles. The maximum atomic E-state index is 11.9. The van der Waals surface area contributed by atoms with Crippen LogP contribution in [0.2, 0.25) is 0 Å². The number of carbonyl (C=O) groups excluding carboxylic acids is 1. The molecule has 98 valence electrons. The molecule has 0 aromatic heterocycles. The Kier molecular flexibility index (Phi) is 5.21. The highest BCUT2D eigenvalue weighted by Gasteiger charge is 2.33. The molecule has 1 fully saturated rings. The number of carboxylic acid groups (broad SMARTS) is 1. The van der Waals surface area contributed by atoms with E-state index in [9.17, 15) is 9.59 Å². The number of methoxy groups -OCH3 is 1. The summed E-state index contributed by atoms with van der Waals surface area (Å²) in [4.78, 5) is 24.4. The van der Waals surface area contributed by atoms with Crippen molar-refractivity contribution in [2.75, 3.05) is 20.3 Å². The third kappa shape index (κ3) is 4.22. The summed E-state index contributed by atoms with van der Waals surface area (Å²) in [5.41, 5.74) is 0. The Bertz CT molecular complexity index is 279. The van der Waals surface area contributed by atoms with Crippen molar-refractivity contribution in [3.63, 3.8) is 0 Å². The van der Waals surface area contributed by atoms with Crippen molar-refractivity contribution in [3.8, 4) is 0 Å². The summed E-state index contributed by atoms with van der Waals surface area (Å²) in [5.74, 6) is -0.997. The van der Waals surface area contributed by atoms with Gasteiger partial charge in [-0.25, -0.2) is 9.59 Å². The molecule has 0 aromatic rings. The number of amides is 2. The molecule has 1 aliphatic carbocycles. The van der Waals surface area contributed by atoms with Gasteiger partial charge in [0.05, 0.1) is 6.61 Å². The number of nitrogens with one attached hydrogen (secondary N) is 1. The molecule has 6 nitrogen and oxygen atoms in total. The smallest absolute Gasteiger partial charge is 0.326 e. The minimum atomic E-state index is -0.997. The van der Waals surface area contributed by atoms with Gasteiger partial charge in [-0.15, -0.1) is 0 Å². The van der Waals surface area contributed by atoms with Crippen molar-refractivity contribution in [1.82, 2.24) is 10.2 Å². The largest absolute Gasteiger partial charge is 0.480 e. The lowest BCUT2D eigenvalue weighted by molar-refractivity contribution is -0.139. The van der Waals surface area contributed by atoms with Gasteiger partial charge in [-0.1, -0.05) is 6.92 Å². The van der Waals surface area contributed by atoms with Crippen LogP contribution in [0, 0.1) is 0 Å². The highest BCUT2D eigenvalue weighted by atomic mass is 16.5. The van der Waals surface area contributed by atoms with Crippen LogP contribution in [-0.4, -0.2) is 54.4 Å². The average Bonchev–Trinajstić information content (AvgIpc) is 3.10. The molecule has 1 unspecified atom stereocenters. The molecule has 1 rings (SSSR count). The Morgan fingerprint density at radius 2 is 2.18 bits per heavy atom. The summed E-state index contributed by atoms with van der Waals surface area (Å²) in [6.07, 6.45) is 2.35. The van der Waals surface area contributed by atoms with Gasteiger partial charge in [0.15, 0.2) is 0 Å². The fourth-order valence-electron chi connectivity index (χ4n) is 1.60. The zero-order valence-electron chi connectivity index (χ0n) is 10.3. The lowest BCUT2D eigenvalue weighted by atomic mass is 10.2. The van der Waals surface area contributed by atoms with Crippen LogP contribution in [0.15, 0.2) is 0 Å². The highest BCUT2D eigenvalue weighted by molar-refractivity contribution is 5.82. The minimum Gasteiger partial charge on any atom is -0.480 e. The zero-order valence-corrected chi connectivity index (χ0v) is 10.3. The molecule has 0 aromatic carbocycles. The lowest BCUT2D eigenvalue weighted by Gasteiger charge is -2.24. The Balaban J connectivity index is 2.49. The number of urea groups is 1. The molecule has 1 saturated carbocycles. The van der Waals surface area contributed by atoms with Crippen LogP contribution in [0.4, 0.5) is 4.79 Å². The van der Waals surface area contributed by atoms with Gasteiger partial charge in [-0.05, 0) is 19.3 Å². The Labute approximate surface area is 101 Å². The highest BCUT2D eigenvalue weighted by Crippen LogP contribution is 2.26. The first-order valence-electron chi connectivity index (χ1n) is 5.89. The summed E-state index contributed by atoms with van der Waals surface area (Å²) in [5, 5.41) is 11.4. The standard InChI is InChI=1S/C11H20N2O4/c1-3-9(10(14)15)12-11(16)13(6-7-17-2)8-4-5-8/h8-9H,3-7H2,1-2H3,(H,12,16)(H,14,15). The van der Waals surface area contributed by atoms with E-state index in [1.54, 1.807) is 18.9 Å². The van der Waals surface area contributed by atoms with Crippen LogP contribution in [0.25, 0.3) is 0 Å². The van der Waals surface area contributed by atoms with Crippen LogP contribution in [0.5, 0.6) is 0 Å². The molecule has 0 radical (unpaired) electrons. The average molecular weight is 244 g/mol. The Morgan fingerprint density at radius 3 is 2.59 bits per heavy atom. The molecular formula is C11H20N2O4. The van der Waals surface area contributed by atoms with Crippen molar-refractivity contribution in [2.24, 2.45) is 0 Å². The number of carbonyl (C=O) groups is 2. The zero-order chi connectivity index (χ0) is 12.8. The molecule has 2 amide bonds. The molecule has 0 saturated heterocycles. The first-order valence-corrected chi connectivity index (χ1v) is 5.89. The number of nitrogens with zero attached hydrogens (tertiary/aromatic N) is 1. The van der Waals surface area contributed by atoms with E-state index >= 15 is 0 Å². The van der Waals surface area contributed by atoms with Crippen LogP contribution >= 0.6 is 0 Å². The predicted octanol–water partition coefficient (Wildman–Crippen LogP) is 0.670. The topological polar surface area (TPSA) is 78.9 Å². The van der Waals surface area contributed by atoms with Gasteiger partial charge >= 0.3 is 12.0 Å². The maximum absolute atomic E-state index is 11.9. The van der Waals surface area contributed by atoms with Gasteiger partial charge in [0.1, 0.15) is 6.04 Å². The molecule has 0 spiro atoms. The normalized spacial score (nSPS) is 16.4. The van der Waals surface area contributed by atoms with E-state index in [-0.39, 0.29) is 12.1 Å². The Hall–Kier alpha value is -1.30. The van der Waals surface area contributed by atoms with Crippen LogP contribution < -0.4 is 5.32 Å². The fourth-order valence-corrected chi connectivity index (χ4v) is 1.60. The molecule has 0 bridgehead atoms. The van der Waals surface area contributed by atoms with Crippen molar-refractivity contribution in [2.45, 2.75) is 38.3 Å². The van der Waals surface area contributed by atoms with Crippen LogP contribution in [-0.2, 0) is 9.53 Å². The van der Waals surface area contributed by atoms with Crippen LogP contribution in [0.1, 0.15) is 26.2 Å². The van der Waals surface area contributed by atoms with E-state index in [1.165, 1.54) is 0 Å². The third-order valence-electron chi connectivity index (χ3n) is 2.79. The lowest BCUT2D eigenvalue weighted by Crippen LogP contribution is -2.49. The van der Waals surface area contributed by atoms with Gasteiger partial charge in [0.2, 0.25) is 0 Å². The summed E-state index contributed by atoms with van der Waals surface area (Å²) < 4.78 is 4.94. The van der Waals surface area contributed by atoms with Gasteiger partial charge in [-0.3, -0.25) is 0 Å². The minimum absolute atomic E-state index is 0.247. The van der Waals surface area contributed by atoms with Gasteiger partial charge < -0.3 is 20.1 Å². The van der Waals surface area contributed by atoms with Crippen molar-refractivity contribution >= 4 is 12.0 Å². The van der Waals surface area contributed by atoms with E-state index in [0.29, 0.717) is 19.6 Å². The molecule has 2 N–H and O–H groups in total. The van der Waals surface area contributed by atoms with Crippen molar-refractivity contribution in [1.29, 1.82) is 0 Å². The molecular weight excluding hydrogens is 224 g/mol. The summed E-state index contributed by atoms with van der Waals surface area (Å²) in [7, 11) is 1.58. The van der Waals surface area contributed by atoms with E-state index in [2.05, 4.69) is 5.32 Å². The molecule has 6 heteroatoms. The molecule has 0 heterocycles. The number of carboxylic acids is 1. The summed E-state index contributed by atoms with van der Waals surface area (Å²) >= 11 is 0. The van der Waals surface area contributed by atoms with Crippen molar-refractivity contribution < 1.29 is 19.4 Å². The second kappa shape index (κ2) is 6.44. The fraction of sp³-hybridized carbons (Fsp3) is 0.818. The maximum Gasteiger partial charge on any atom is 0.326 e. The van der Waals surface area contributed by atoms with Gasteiger partial charge in [-0.2, -0.15) is 0 Å². The second-order valence-electron chi connectivity index (χ2n) is 4.17. The number of ether oxygens (including phenoxy) is 1. The van der Waals surface area contributed by atoms with Crippen LogP contribution in [0.3, 0.4) is 0 Å². The van der Waals surface area contributed by atoms with Crippen molar-refractivity contribution in [3.05, 3.63) is 0 Å². The monoisotopic (exact) mass is 244 g/mol. The van der Waals surface area contributed by atoms with Gasteiger partial charge in [0, 0.05) is 19.7 Å². The summed E-state index contributed by atoms with van der Waals surface area (Å²) in [6.45, 7) is 2.70. The van der Waals surface area contributed by atoms with E-state index < -0.39 is 12.0 Å². The molecule has 1 aliphatic rings. The second-order valence-corrected chi connectivity index (χ2v) is 4.17. The number of aliphatic carboxylic acids is 1. The summed E-state index contributed by atoms with van der Waals surface area (Å²) in [6, 6.07) is -0.874. The number of hydrogen-bond donors (Lipinski definition) is 2. The van der Waals surface area contributed by atoms with Gasteiger partial charge in [0.25, 0.3) is 0 Å². The first-order chi connectivity index (χ1) is 8.10. The molecule has 1 atom stereocenters. The number of hydrogen-bond acceptors (Lipinski definition) is 3. The SMILES string of the molecule is CCC(NC(=O)N(CCOC)C1CC1)C(=O)O. The molecule has 17 heavy (non-hydrogen) atoms. The quantitative estimate of drug-likeness (QED) is 0.690. The third-order valence-corrected chi connectivity index (χ3v) is 2.79. The predicted molar refractivity (Wildman–Crippen MR) is 61.9 cm³/mol. The number of rotatable bonds is 7.